The van der Waals surface area contributed by atoms with Crippen LogP contribution in [0, 0.1) is 22.5 Å². The number of alkyl halides is 3. The lowest BCUT2D eigenvalue weighted by atomic mass is 9.62. The molecule has 1 aliphatic carbocycles. The largest absolute Gasteiger partial charge is 0.618 e. The third-order valence-electron chi connectivity index (χ3n) is 6.93. The lowest BCUT2D eigenvalue weighted by molar-refractivity contribution is -0.607. The number of carbonyl (C=O) groups is 2. The van der Waals surface area contributed by atoms with Crippen molar-refractivity contribution in [1.82, 2.24) is 0 Å². The van der Waals surface area contributed by atoms with Crippen molar-refractivity contribution < 1.29 is 45.7 Å². The van der Waals surface area contributed by atoms with E-state index in [-0.39, 0.29) is 10.4 Å². The van der Waals surface area contributed by atoms with Gasteiger partial charge in [-0.25, -0.2) is 8.78 Å². The number of amides is 2. The van der Waals surface area contributed by atoms with Crippen LogP contribution in [0.1, 0.15) is 31.3 Å². The molecule has 1 fully saturated rings. The Morgan fingerprint density at radius 3 is 2.46 bits per heavy atom. The summed E-state index contributed by atoms with van der Waals surface area (Å²) in [5.74, 6) is -7.49. The number of carbonyl (C=O) groups excluding carboxylic acids is 2. The molecule has 1 aliphatic heterocycles. The van der Waals surface area contributed by atoms with Gasteiger partial charge in [0, 0.05) is 36.5 Å². The first-order valence-electron chi connectivity index (χ1n) is 10.4. The van der Waals surface area contributed by atoms with Gasteiger partial charge < -0.3 is 25.7 Å². The van der Waals surface area contributed by atoms with Crippen molar-refractivity contribution in [2.45, 2.75) is 44.8 Å². The monoisotopic (exact) mass is 505 g/mol. The van der Waals surface area contributed by atoms with E-state index in [4.69, 9.17) is 15.2 Å². The summed E-state index contributed by atoms with van der Waals surface area (Å²) in [4.78, 5) is 24.7. The number of anilines is 1. The smallest absolute Gasteiger partial charge is 0.417 e. The second kappa shape index (κ2) is 8.86. The minimum absolute atomic E-state index is 0.115. The molecule has 6 atom stereocenters. The zero-order valence-electron chi connectivity index (χ0n) is 19.2. The molecular formula is C22H24F5N3O5. The Balaban J connectivity index is 2.07. The van der Waals surface area contributed by atoms with Crippen LogP contribution in [0.25, 0.3) is 0 Å². The first-order chi connectivity index (χ1) is 16.1. The Bertz CT molecular complexity index is 1110. The topological polar surface area (TPSA) is 118 Å². The van der Waals surface area contributed by atoms with Gasteiger partial charge in [-0.3, -0.25) is 9.59 Å². The molecule has 192 valence electrons. The van der Waals surface area contributed by atoms with E-state index >= 15 is 0 Å². The van der Waals surface area contributed by atoms with Crippen LogP contribution in [0.4, 0.5) is 27.6 Å². The zero-order valence-corrected chi connectivity index (χ0v) is 19.2. The molecule has 8 nitrogen and oxygen atoms in total. The molecule has 0 aromatic carbocycles. The first kappa shape index (κ1) is 26.5. The summed E-state index contributed by atoms with van der Waals surface area (Å²) in [5.41, 5.74) is 0.0232. The minimum atomic E-state index is -4.92. The quantitative estimate of drug-likeness (QED) is 0.362. The summed E-state index contributed by atoms with van der Waals surface area (Å²) in [6.45, 7) is 3.33. The molecule has 2 unspecified atom stereocenters. The number of ether oxygens (including phenoxy) is 2. The highest BCUT2D eigenvalue weighted by Gasteiger charge is 2.69. The van der Waals surface area contributed by atoms with Crippen LogP contribution in [0.2, 0.25) is 0 Å². The molecule has 13 heteroatoms. The molecule has 3 rings (SSSR count). The fourth-order valence-electron chi connectivity index (χ4n) is 4.88. The number of rotatable bonds is 5. The maximum atomic E-state index is 14.7. The number of allylic oxidation sites excluding steroid dienone is 2. The van der Waals surface area contributed by atoms with E-state index in [0.717, 1.165) is 38.4 Å². The van der Waals surface area contributed by atoms with Gasteiger partial charge in [0.25, 0.3) is 11.6 Å². The Morgan fingerprint density at radius 2 is 1.91 bits per heavy atom. The summed E-state index contributed by atoms with van der Waals surface area (Å²) < 4.78 is 81.5. The van der Waals surface area contributed by atoms with Crippen LogP contribution in [-0.2, 0) is 14.3 Å². The number of hydrogen-bond acceptors (Lipinski definition) is 5. The molecular weight excluding hydrogens is 481 g/mol. The average Bonchev–Trinajstić information content (AvgIpc) is 3.05. The highest BCUT2D eigenvalue weighted by molar-refractivity contribution is 5.96. The summed E-state index contributed by atoms with van der Waals surface area (Å²) >= 11 is 0. The van der Waals surface area contributed by atoms with Crippen molar-refractivity contribution in [1.29, 1.82) is 0 Å². The van der Waals surface area contributed by atoms with E-state index in [1.807, 2.05) is 0 Å². The number of primary amides is 1. The van der Waals surface area contributed by atoms with Crippen molar-refractivity contribution in [3.8, 4) is 0 Å². The van der Waals surface area contributed by atoms with Gasteiger partial charge in [-0.2, -0.15) is 17.9 Å². The molecule has 0 bridgehead atoms. The number of pyridine rings is 1. The molecule has 1 aromatic heterocycles. The van der Waals surface area contributed by atoms with E-state index < -0.39 is 70.4 Å². The van der Waals surface area contributed by atoms with Crippen LogP contribution in [0.15, 0.2) is 42.1 Å². The lowest BCUT2D eigenvalue weighted by Crippen LogP contribution is -2.51. The Morgan fingerprint density at radius 1 is 1.29 bits per heavy atom. The van der Waals surface area contributed by atoms with Crippen LogP contribution in [0.3, 0.4) is 0 Å². The first-order valence-corrected chi connectivity index (χ1v) is 10.4. The van der Waals surface area contributed by atoms with Gasteiger partial charge >= 0.3 is 12.1 Å². The maximum Gasteiger partial charge on any atom is 0.417 e. The van der Waals surface area contributed by atoms with Gasteiger partial charge in [0.15, 0.2) is 23.5 Å². The summed E-state index contributed by atoms with van der Waals surface area (Å²) in [6, 6.07) is 2.05. The second-order valence-corrected chi connectivity index (χ2v) is 8.95. The molecule has 3 N–H and O–H groups in total. The Labute approximate surface area is 197 Å². The van der Waals surface area contributed by atoms with Crippen LogP contribution >= 0.6 is 0 Å². The molecule has 1 saturated heterocycles. The SMILES string of the molecule is COC1C(F)=C(F)C=CC1(C)[C@@H]1[C@@H](C(=O)Nc2cc[n+]([O-])c(C(N)=O)c2)O[C@@](C)(C(F)(F)F)[C@@H]1C. The van der Waals surface area contributed by atoms with E-state index in [0.29, 0.717) is 0 Å². The molecule has 0 spiro atoms. The number of hydrogen-bond donors (Lipinski definition) is 2. The van der Waals surface area contributed by atoms with Gasteiger partial charge in [0.2, 0.25) is 0 Å². The molecule has 1 aromatic rings. The van der Waals surface area contributed by atoms with E-state index in [2.05, 4.69) is 5.32 Å². The highest BCUT2D eigenvalue weighted by Crippen LogP contribution is 2.58. The molecule has 2 heterocycles. The third kappa shape index (κ3) is 4.27. The second-order valence-electron chi connectivity index (χ2n) is 8.95. The van der Waals surface area contributed by atoms with Gasteiger partial charge in [0.1, 0.15) is 12.2 Å². The number of nitrogens with one attached hydrogen (secondary N) is 1. The van der Waals surface area contributed by atoms with Crippen molar-refractivity contribution in [3.05, 3.63) is 53.0 Å². The van der Waals surface area contributed by atoms with Crippen LogP contribution in [-0.4, -0.2) is 42.9 Å². The van der Waals surface area contributed by atoms with E-state index in [9.17, 15) is 36.7 Å². The standard InChI is InChI=1S/C22H24F5N3O5/c1-10-14(20(2)7-5-12(23)15(24)17(20)34-4)16(35-21(10,3)22(25,26)27)19(32)29-11-6-8-30(33)13(9-11)18(28)31/h5-10,14,16-17H,1-4H3,(H2,28,31)(H,29,32)/t10-,14+,16+,17?,20?,21-/m1/s1. The maximum absolute atomic E-state index is 14.7. The molecule has 2 amide bonds. The number of aromatic nitrogens is 1. The number of methoxy groups -OCH3 is 1. The van der Waals surface area contributed by atoms with Crippen LogP contribution < -0.4 is 15.8 Å². The average molecular weight is 505 g/mol. The molecule has 2 aliphatic rings. The predicted octanol–water partition coefficient (Wildman–Crippen LogP) is 3.07. The summed E-state index contributed by atoms with van der Waals surface area (Å²) in [7, 11) is 1.07. The fourth-order valence-corrected chi connectivity index (χ4v) is 4.88. The van der Waals surface area contributed by atoms with E-state index in [1.54, 1.807) is 0 Å². The minimum Gasteiger partial charge on any atom is -0.618 e. The van der Waals surface area contributed by atoms with Crippen molar-refractivity contribution in [2.24, 2.45) is 23.0 Å². The number of nitrogens with two attached hydrogens (primary N) is 1. The fraction of sp³-hybridized carbons (Fsp3) is 0.500. The zero-order chi connectivity index (χ0) is 26.5. The highest BCUT2D eigenvalue weighted by atomic mass is 19.4. The predicted molar refractivity (Wildman–Crippen MR) is 112 cm³/mol. The van der Waals surface area contributed by atoms with Gasteiger partial charge in [-0.05, 0) is 13.0 Å². The van der Waals surface area contributed by atoms with Crippen molar-refractivity contribution in [3.63, 3.8) is 0 Å². The third-order valence-corrected chi connectivity index (χ3v) is 6.93. The number of halogens is 5. The normalized spacial score (nSPS) is 33.2. The number of nitrogens with zero attached hydrogens (tertiary/aromatic N) is 1. The van der Waals surface area contributed by atoms with E-state index in [1.165, 1.54) is 19.9 Å². The van der Waals surface area contributed by atoms with Crippen molar-refractivity contribution >= 4 is 17.5 Å². The Kier molecular flexibility index (Phi) is 6.72. The molecule has 35 heavy (non-hydrogen) atoms. The molecule has 0 radical (unpaired) electrons. The Hall–Kier alpha value is -3.06. The summed E-state index contributed by atoms with van der Waals surface area (Å²) in [6.07, 6.45) is -5.54. The van der Waals surface area contributed by atoms with Gasteiger partial charge in [0.05, 0.1) is 5.69 Å². The van der Waals surface area contributed by atoms with Crippen molar-refractivity contribution in [2.75, 3.05) is 12.4 Å². The summed E-state index contributed by atoms with van der Waals surface area (Å²) in [5, 5.41) is 14.0. The van der Waals surface area contributed by atoms with Crippen LogP contribution in [0.5, 0.6) is 0 Å². The lowest BCUT2D eigenvalue weighted by Gasteiger charge is -2.44. The van der Waals surface area contributed by atoms with Gasteiger partial charge in [-0.1, -0.05) is 19.9 Å². The van der Waals surface area contributed by atoms with Gasteiger partial charge in [-0.15, -0.1) is 0 Å². The molecule has 0 saturated carbocycles.